The molecule has 0 spiro atoms. The molecule has 0 saturated carbocycles. The van der Waals surface area contributed by atoms with Gasteiger partial charge in [-0.15, -0.1) is 0 Å². The molecule has 3 rings (SSSR count). The monoisotopic (exact) mass is 623 g/mol. The third-order valence-electron chi connectivity index (χ3n) is 6.44. The number of hydrogen-bond donors (Lipinski definition) is 1. The van der Waals surface area contributed by atoms with Crippen molar-refractivity contribution in [2.24, 2.45) is 0 Å². The first kappa shape index (κ1) is 31.7. The van der Waals surface area contributed by atoms with Gasteiger partial charge in [0.25, 0.3) is 0 Å². The molecule has 0 aliphatic carbocycles. The second-order valence-corrected chi connectivity index (χ2v) is 12.7. The molecule has 0 radical (unpaired) electrons. The third-order valence-corrected chi connectivity index (χ3v) is 8.52. The molecule has 0 aromatic heterocycles. The zero-order valence-electron chi connectivity index (χ0n) is 22.5. The van der Waals surface area contributed by atoms with E-state index in [1.165, 1.54) is 11.0 Å². The number of halogens is 3. The van der Waals surface area contributed by atoms with Crippen LogP contribution in [0.5, 0.6) is 0 Å². The fourth-order valence-corrected chi connectivity index (χ4v) is 5.64. The summed E-state index contributed by atoms with van der Waals surface area (Å²) in [5, 5.41) is 3.93. The number of sulfonamides is 1. The molecule has 0 saturated heterocycles. The van der Waals surface area contributed by atoms with Crippen molar-refractivity contribution >= 4 is 62.3 Å². The number of carbonyl (C=O) groups excluding carboxylic acids is 2. The van der Waals surface area contributed by atoms with E-state index in [2.05, 4.69) is 5.32 Å². The Hall–Kier alpha value is -2.78. The second kappa shape index (κ2) is 14.2. The maximum atomic E-state index is 14.1. The number of nitrogens with zero attached hydrogens (tertiary/aromatic N) is 2. The van der Waals surface area contributed by atoms with E-state index < -0.39 is 28.5 Å². The van der Waals surface area contributed by atoms with Crippen molar-refractivity contribution in [2.75, 3.05) is 17.1 Å². The lowest BCUT2D eigenvalue weighted by molar-refractivity contribution is -0.140. The topological polar surface area (TPSA) is 86.8 Å². The van der Waals surface area contributed by atoms with E-state index in [9.17, 15) is 18.0 Å². The summed E-state index contributed by atoms with van der Waals surface area (Å²) in [6, 6.07) is 19.3. The van der Waals surface area contributed by atoms with Crippen molar-refractivity contribution in [3.63, 3.8) is 0 Å². The Kier molecular flexibility index (Phi) is 11.3. The lowest BCUT2D eigenvalue weighted by Gasteiger charge is -2.34. The van der Waals surface area contributed by atoms with Crippen LogP contribution in [0.1, 0.15) is 31.4 Å². The van der Waals surface area contributed by atoms with Crippen LogP contribution in [0.4, 0.5) is 5.69 Å². The molecular weight excluding hydrogens is 593 g/mol. The Morgan fingerprint density at radius 2 is 1.55 bits per heavy atom. The summed E-state index contributed by atoms with van der Waals surface area (Å²) in [4.78, 5) is 29.1. The number of carbonyl (C=O) groups is 2. The van der Waals surface area contributed by atoms with Crippen molar-refractivity contribution in [1.29, 1.82) is 0 Å². The first-order chi connectivity index (χ1) is 18.9. The van der Waals surface area contributed by atoms with Crippen LogP contribution in [0.15, 0.2) is 72.8 Å². The molecule has 214 valence electrons. The minimum atomic E-state index is -3.91. The van der Waals surface area contributed by atoms with Crippen LogP contribution >= 0.6 is 34.8 Å². The molecule has 3 aromatic rings. The average Bonchev–Trinajstić information content (AvgIpc) is 2.90. The van der Waals surface area contributed by atoms with Gasteiger partial charge < -0.3 is 10.2 Å². The zero-order valence-corrected chi connectivity index (χ0v) is 25.6. The lowest BCUT2D eigenvalue weighted by atomic mass is 10.0. The Morgan fingerprint density at radius 1 is 0.925 bits per heavy atom. The number of hydrogen-bond acceptors (Lipinski definition) is 4. The number of anilines is 1. The van der Waals surface area contributed by atoms with Gasteiger partial charge in [0.15, 0.2) is 0 Å². The molecule has 0 fully saturated rings. The van der Waals surface area contributed by atoms with Gasteiger partial charge in [0.2, 0.25) is 21.8 Å². The van der Waals surface area contributed by atoms with Gasteiger partial charge in [-0.1, -0.05) is 84.2 Å². The van der Waals surface area contributed by atoms with Crippen molar-refractivity contribution in [3.8, 4) is 0 Å². The summed E-state index contributed by atoms with van der Waals surface area (Å²) < 4.78 is 26.6. The second-order valence-electron chi connectivity index (χ2n) is 9.49. The summed E-state index contributed by atoms with van der Waals surface area (Å²) in [6.07, 6.45) is 1.88. The molecule has 0 bridgehead atoms. The lowest BCUT2D eigenvalue weighted by Crippen LogP contribution is -2.54. The predicted octanol–water partition coefficient (Wildman–Crippen LogP) is 5.97. The van der Waals surface area contributed by atoms with Crippen LogP contribution in [0.2, 0.25) is 15.1 Å². The molecule has 0 unspecified atom stereocenters. The summed E-state index contributed by atoms with van der Waals surface area (Å²) in [5.41, 5.74) is 1.50. The van der Waals surface area contributed by atoms with Crippen molar-refractivity contribution < 1.29 is 18.0 Å². The van der Waals surface area contributed by atoms with E-state index >= 15 is 0 Å². The zero-order chi connectivity index (χ0) is 29.4. The van der Waals surface area contributed by atoms with Crippen LogP contribution in [0.25, 0.3) is 0 Å². The van der Waals surface area contributed by atoms with Gasteiger partial charge >= 0.3 is 0 Å². The van der Waals surface area contributed by atoms with Crippen molar-refractivity contribution in [2.45, 2.75) is 45.3 Å². The Labute approximate surface area is 251 Å². The minimum absolute atomic E-state index is 0.115. The van der Waals surface area contributed by atoms with Gasteiger partial charge in [0.05, 0.1) is 11.9 Å². The van der Waals surface area contributed by atoms with Crippen molar-refractivity contribution in [3.05, 3.63) is 99.0 Å². The molecular formula is C29H32Cl3N3O4S. The van der Waals surface area contributed by atoms with Crippen LogP contribution < -0.4 is 9.62 Å². The van der Waals surface area contributed by atoms with E-state index in [1.807, 2.05) is 44.2 Å². The van der Waals surface area contributed by atoms with E-state index in [4.69, 9.17) is 34.8 Å². The molecule has 0 aliphatic rings. The molecule has 40 heavy (non-hydrogen) atoms. The van der Waals surface area contributed by atoms with E-state index in [0.29, 0.717) is 27.1 Å². The predicted molar refractivity (Wildman–Crippen MR) is 162 cm³/mol. The molecule has 2 amide bonds. The van der Waals surface area contributed by atoms with E-state index in [1.54, 1.807) is 36.4 Å². The summed E-state index contributed by atoms with van der Waals surface area (Å²) in [7, 11) is -3.91. The minimum Gasteiger partial charge on any atom is -0.352 e. The number of nitrogens with one attached hydrogen (secondary N) is 1. The van der Waals surface area contributed by atoms with Gasteiger partial charge in [0.1, 0.15) is 12.6 Å². The summed E-state index contributed by atoms with van der Waals surface area (Å²) in [5.74, 6) is -0.981. The Morgan fingerprint density at radius 3 is 2.12 bits per heavy atom. The van der Waals surface area contributed by atoms with Crippen molar-refractivity contribution in [1.82, 2.24) is 10.2 Å². The Bertz CT molecular complexity index is 1420. The molecule has 3 aromatic carbocycles. The van der Waals surface area contributed by atoms with Gasteiger partial charge in [-0.3, -0.25) is 13.9 Å². The first-order valence-electron chi connectivity index (χ1n) is 12.7. The highest BCUT2D eigenvalue weighted by molar-refractivity contribution is 7.92. The van der Waals surface area contributed by atoms with Crippen LogP contribution in [0, 0.1) is 0 Å². The molecule has 0 heterocycles. The largest absolute Gasteiger partial charge is 0.352 e. The number of amides is 2. The standard InChI is InChI=1S/C29H32Cl3N3O4S/c1-4-20(2)33-29(37)27(16-21-10-6-5-7-11-21)34(18-24-25(31)14-9-15-26(24)32)28(36)19-35(40(3,38)39)23-13-8-12-22(30)17-23/h5-15,17,20,27H,4,16,18-19H2,1-3H3,(H,33,37)/t20-,27+/m1/s1. The highest BCUT2D eigenvalue weighted by Gasteiger charge is 2.34. The van der Waals surface area contributed by atoms with Crippen LogP contribution in [0.3, 0.4) is 0 Å². The fourth-order valence-electron chi connectivity index (χ4n) is 4.09. The number of rotatable bonds is 12. The summed E-state index contributed by atoms with van der Waals surface area (Å²) in [6.45, 7) is 3.14. The highest BCUT2D eigenvalue weighted by atomic mass is 35.5. The van der Waals surface area contributed by atoms with Gasteiger partial charge in [-0.05, 0) is 49.2 Å². The van der Waals surface area contributed by atoms with Crippen LogP contribution in [-0.2, 0) is 32.6 Å². The van der Waals surface area contributed by atoms with Gasteiger partial charge in [-0.2, -0.15) is 0 Å². The van der Waals surface area contributed by atoms with Gasteiger partial charge in [-0.25, -0.2) is 8.42 Å². The first-order valence-corrected chi connectivity index (χ1v) is 15.7. The van der Waals surface area contributed by atoms with E-state index in [0.717, 1.165) is 16.1 Å². The quantitative estimate of drug-likeness (QED) is 0.269. The molecule has 2 atom stereocenters. The highest BCUT2D eigenvalue weighted by Crippen LogP contribution is 2.28. The SMILES string of the molecule is CC[C@@H](C)NC(=O)[C@H](Cc1ccccc1)N(Cc1c(Cl)cccc1Cl)C(=O)CN(c1cccc(Cl)c1)S(C)(=O)=O. The number of benzene rings is 3. The fraction of sp³-hybridized carbons (Fsp3) is 0.310. The van der Waals surface area contributed by atoms with Gasteiger partial charge in [0, 0.05) is 39.6 Å². The average molecular weight is 625 g/mol. The maximum absolute atomic E-state index is 14.1. The van der Waals surface area contributed by atoms with E-state index in [-0.39, 0.29) is 30.6 Å². The third kappa shape index (κ3) is 8.61. The smallest absolute Gasteiger partial charge is 0.244 e. The molecule has 7 nitrogen and oxygen atoms in total. The Balaban J connectivity index is 2.11. The maximum Gasteiger partial charge on any atom is 0.244 e. The molecule has 11 heteroatoms. The molecule has 0 aliphatic heterocycles. The van der Waals surface area contributed by atoms with Crippen LogP contribution in [-0.4, -0.2) is 50.0 Å². The summed E-state index contributed by atoms with van der Waals surface area (Å²) >= 11 is 19.1. The normalized spacial score (nSPS) is 12.8. The molecule has 1 N–H and O–H groups in total.